The fourth-order valence-corrected chi connectivity index (χ4v) is 6.55. The zero-order valence-corrected chi connectivity index (χ0v) is 16.4. The van der Waals surface area contributed by atoms with Crippen LogP contribution in [0.1, 0.15) is 16.6 Å². The van der Waals surface area contributed by atoms with Crippen LogP contribution < -0.4 is 9.84 Å². The molecule has 1 aliphatic heterocycles. The molecule has 1 fully saturated rings. The van der Waals surface area contributed by atoms with Gasteiger partial charge in [0.15, 0.2) is 11.7 Å². The van der Waals surface area contributed by atoms with Gasteiger partial charge in [0, 0.05) is 0 Å². The van der Waals surface area contributed by atoms with Crippen LogP contribution in [0.15, 0.2) is 12.1 Å². The van der Waals surface area contributed by atoms with Crippen LogP contribution >= 0.6 is 68.7 Å². The van der Waals surface area contributed by atoms with Crippen LogP contribution in [0.3, 0.4) is 0 Å². The number of carboxylic acid groups (broad SMARTS) is 1. The largest absolute Gasteiger partial charge is 0.541 e. The molecule has 0 unspecified atom stereocenters. The van der Waals surface area contributed by atoms with E-state index in [1.165, 1.54) is 6.42 Å². The number of carbonyl (C=O) groups excluding carboxylic acids is 1. The predicted molar refractivity (Wildman–Crippen MR) is 94.7 cm³/mol. The summed E-state index contributed by atoms with van der Waals surface area (Å²) in [5.74, 6) is -0.519. The van der Waals surface area contributed by atoms with Crippen molar-refractivity contribution in [1.82, 2.24) is 0 Å². The molecular weight excluding hydrogens is 548 g/mol. The van der Waals surface area contributed by atoms with Gasteiger partial charge in [0.05, 0.1) is 11.7 Å². The molecule has 0 atom stereocenters. The second kappa shape index (κ2) is 7.39. The highest BCUT2D eigenvalue weighted by Gasteiger charge is 2.35. The number of carbonyl (C=O) groups is 1. The second-order valence-corrected chi connectivity index (χ2v) is 9.20. The smallest absolute Gasteiger partial charge is 0.441 e. The van der Waals surface area contributed by atoms with Gasteiger partial charge < -0.3 is 14.6 Å². The number of hydrogen-bond acceptors (Lipinski definition) is 5. The molecule has 0 aliphatic carbocycles. The molecule has 0 bridgehead atoms. The van der Waals surface area contributed by atoms with E-state index in [9.17, 15) is 18.7 Å². The minimum atomic E-state index is -4.34. The SMILES string of the molecule is O=C([O-])C(F)(F)Oc1c(I)cc(C2SCCCS2)cc1I. The van der Waals surface area contributed by atoms with E-state index >= 15 is 0 Å². The molecule has 1 aromatic rings. The third-order valence-electron chi connectivity index (χ3n) is 2.59. The number of aliphatic carboxylic acids is 1. The molecule has 1 aliphatic rings. The van der Waals surface area contributed by atoms with E-state index in [0.717, 1.165) is 17.1 Å². The summed E-state index contributed by atoms with van der Waals surface area (Å²) in [4.78, 5) is 10.4. The average Bonchev–Trinajstić information content (AvgIpc) is 2.43. The molecule has 116 valence electrons. The lowest BCUT2D eigenvalue weighted by atomic mass is 10.2. The van der Waals surface area contributed by atoms with E-state index in [4.69, 9.17) is 0 Å². The van der Waals surface area contributed by atoms with Gasteiger partial charge in [0.2, 0.25) is 0 Å². The van der Waals surface area contributed by atoms with Crippen molar-refractivity contribution in [3.8, 4) is 5.75 Å². The summed E-state index contributed by atoms with van der Waals surface area (Å²) >= 11 is 7.39. The molecule has 0 radical (unpaired) electrons. The number of benzene rings is 1. The van der Waals surface area contributed by atoms with Gasteiger partial charge in [-0.3, -0.25) is 0 Å². The normalized spacial score (nSPS) is 16.8. The first-order chi connectivity index (χ1) is 9.81. The lowest BCUT2D eigenvalue weighted by Gasteiger charge is -2.24. The Morgan fingerprint density at radius 2 is 1.81 bits per heavy atom. The summed E-state index contributed by atoms with van der Waals surface area (Å²) in [6.45, 7) is 0. The topological polar surface area (TPSA) is 49.4 Å². The van der Waals surface area contributed by atoms with Gasteiger partial charge in [-0.15, -0.1) is 23.5 Å². The average molecular weight is 557 g/mol. The highest BCUT2D eigenvalue weighted by atomic mass is 127. The third-order valence-corrected chi connectivity index (χ3v) is 7.21. The fourth-order valence-electron chi connectivity index (χ4n) is 1.66. The van der Waals surface area contributed by atoms with Gasteiger partial charge in [0.1, 0.15) is 0 Å². The molecule has 1 heterocycles. The summed E-state index contributed by atoms with van der Waals surface area (Å²) in [5, 5.41) is 10.4. The van der Waals surface area contributed by atoms with Crippen molar-refractivity contribution in [3.05, 3.63) is 24.8 Å². The molecule has 21 heavy (non-hydrogen) atoms. The van der Waals surface area contributed by atoms with E-state index < -0.39 is 12.1 Å². The number of hydrogen-bond donors (Lipinski definition) is 0. The Morgan fingerprint density at radius 3 is 2.29 bits per heavy atom. The Balaban J connectivity index is 2.27. The molecule has 0 aromatic heterocycles. The molecule has 0 N–H and O–H groups in total. The lowest BCUT2D eigenvalue weighted by molar-refractivity contribution is -0.350. The second-order valence-electron chi connectivity index (χ2n) is 4.15. The van der Waals surface area contributed by atoms with Crippen LogP contribution in [-0.2, 0) is 4.79 Å². The van der Waals surface area contributed by atoms with Crippen molar-refractivity contribution in [2.24, 2.45) is 0 Å². The molecule has 0 amide bonds. The summed E-state index contributed by atoms with van der Waals surface area (Å²) in [6.07, 6.45) is -3.17. The zero-order valence-electron chi connectivity index (χ0n) is 10.4. The van der Waals surface area contributed by atoms with Crippen LogP contribution in [0.4, 0.5) is 8.78 Å². The highest BCUT2D eigenvalue weighted by Crippen LogP contribution is 2.45. The molecule has 0 saturated carbocycles. The number of rotatable bonds is 4. The summed E-state index contributed by atoms with van der Waals surface area (Å²) < 4.78 is 31.8. The third kappa shape index (κ3) is 4.50. The van der Waals surface area contributed by atoms with Crippen LogP contribution in [0.2, 0.25) is 0 Å². The van der Waals surface area contributed by atoms with Crippen molar-refractivity contribution in [2.45, 2.75) is 17.1 Å². The van der Waals surface area contributed by atoms with Crippen LogP contribution in [0.5, 0.6) is 5.75 Å². The Labute approximate surface area is 156 Å². The van der Waals surface area contributed by atoms with Gasteiger partial charge in [-0.1, -0.05) is 0 Å². The molecule has 1 aromatic carbocycles. The van der Waals surface area contributed by atoms with Gasteiger partial charge in [0.25, 0.3) is 0 Å². The van der Waals surface area contributed by atoms with Crippen LogP contribution in [0.25, 0.3) is 0 Å². The zero-order chi connectivity index (χ0) is 15.6. The maximum absolute atomic E-state index is 13.1. The minimum absolute atomic E-state index is 0.125. The minimum Gasteiger partial charge on any atom is -0.541 e. The van der Waals surface area contributed by atoms with Gasteiger partial charge >= 0.3 is 6.11 Å². The first-order valence-electron chi connectivity index (χ1n) is 5.81. The van der Waals surface area contributed by atoms with Crippen LogP contribution in [-0.4, -0.2) is 23.6 Å². The van der Waals surface area contributed by atoms with Gasteiger partial charge in [-0.25, -0.2) is 0 Å². The number of carboxylic acids is 1. The lowest BCUT2D eigenvalue weighted by Crippen LogP contribution is -2.46. The summed E-state index contributed by atoms with van der Waals surface area (Å²) in [7, 11) is 0. The van der Waals surface area contributed by atoms with Crippen molar-refractivity contribution in [3.63, 3.8) is 0 Å². The Kier molecular flexibility index (Phi) is 6.28. The van der Waals surface area contributed by atoms with E-state index in [1.807, 2.05) is 68.7 Å². The first kappa shape index (κ1) is 17.9. The Bertz CT molecular complexity index is 528. The Hall–Kier alpha value is 0.510. The van der Waals surface area contributed by atoms with E-state index in [2.05, 4.69) is 4.74 Å². The van der Waals surface area contributed by atoms with Crippen molar-refractivity contribution in [1.29, 1.82) is 0 Å². The van der Waals surface area contributed by atoms with Gasteiger partial charge in [-0.05, 0) is 80.8 Å². The molecule has 0 spiro atoms. The number of thioether (sulfide) groups is 2. The first-order valence-corrected chi connectivity index (χ1v) is 10.1. The molecule has 3 nitrogen and oxygen atoms in total. The van der Waals surface area contributed by atoms with E-state index in [0.29, 0.717) is 7.14 Å². The molecular formula is C12H9F2I2O3S2-. The molecule has 9 heteroatoms. The number of ether oxygens (including phenoxy) is 1. The van der Waals surface area contributed by atoms with E-state index in [1.54, 1.807) is 12.1 Å². The summed E-state index contributed by atoms with van der Waals surface area (Å²) in [6, 6.07) is 3.53. The fraction of sp³-hybridized carbons (Fsp3) is 0.417. The Morgan fingerprint density at radius 1 is 1.29 bits per heavy atom. The van der Waals surface area contributed by atoms with Crippen LogP contribution in [0, 0.1) is 7.14 Å². The van der Waals surface area contributed by atoms with Crippen molar-refractivity contribution < 1.29 is 23.4 Å². The van der Waals surface area contributed by atoms with Crippen molar-refractivity contribution >= 4 is 74.7 Å². The highest BCUT2D eigenvalue weighted by molar-refractivity contribution is 14.1. The van der Waals surface area contributed by atoms with Crippen molar-refractivity contribution in [2.75, 3.05) is 11.5 Å². The van der Waals surface area contributed by atoms with E-state index in [-0.39, 0.29) is 10.3 Å². The summed E-state index contributed by atoms with van der Waals surface area (Å²) in [5.41, 5.74) is 1.03. The predicted octanol–water partition coefficient (Wildman–Crippen LogP) is 3.49. The number of alkyl halides is 2. The maximum Gasteiger partial charge on any atom is 0.441 e. The molecule has 1 saturated heterocycles. The quantitative estimate of drug-likeness (QED) is 0.532. The monoisotopic (exact) mass is 557 g/mol. The van der Waals surface area contributed by atoms with Gasteiger partial charge in [-0.2, -0.15) is 8.78 Å². The molecule has 2 rings (SSSR count). The number of halogens is 4. The maximum atomic E-state index is 13.1. The standard InChI is InChI=1S/C12H10F2I2O3S2/c13-12(14,11(17)18)19-9-7(15)4-6(5-8(9)16)10-20-2-1-3-21-10/h4-5,10H,1-3H2,(H,17,18)/p-1.